The van der Waals surface area contributed by atoms with Crippen LogP contribution in [0.5, 0.6) is 0 Å². The quantitative estimate of drug-likeness (QED) is 0.897. The second-order valence-electron chi connectivity index (χ2n) is 7.13. The number of carbonyl (C=O) groups is 1. The summed E-state index contributed by atoms with van der Waals surface area (Å²) in [5, 5.41) is 7.10. The van der Waals surface area contributed by atoms with Crippen LogP contribution in [0.2, 0.25) is 0 Å². The van der Waals surface area contributed by atoms with Crippen molar-refractivity contribution in [2.24, 2.45) is 0 Å². The lowest BCUT2D eigenvalue weighted by Gasteiger charge is -2.38. The van der Waals surface area contributed by atoms with E-state index >= 15 is 0 Å². The molecule has 0 aromatic carbocycles. The van der Waals surface area contributed by atoms with E-state index < -0.39 is 0 Å². The maximum atomic E-state index is 12.8. The van der Waals surface area contributed by atoms with Gasteiger partial charge in [0, 0.05) is 5.54 Å². The van der Waals surface area contributed by atoms with Gasteiger partial charge in [-0.2, -0.15) is 0 Å². The molecule has 2 aromatic heterocycles. The van der Waals surface area contributed by atoms with Gasteiger partial charge in [0.15, 0.2) is 0 Å². The minimum atomic E-state index is -0.321. The third kappa shape index (κ3) is 2.45. The van der Waals surface area contributed by atoms with E-state index in [4.69, 9.17) is 9.15 Å². The molecule has 122 valence electrons. The van der Waals surface area contributed by atoms with Crippen LogP contribution in [-0.4, -0.2) is 40.2 Å². The molecule has 1 saturated heterocycles. The molecule has 7 heteroatoms. The van der Waals surface area contributed by atoms with Crippen LogP contribution in [0.1, 0.15) is 42.8 Å². The zero-order valence-electron chi connectivity index (χ0n) is 13.5. The van der Waals surface area contributed by atoms with E-state index in [1.165, 1.54) is 6.33 Å². The first kappa shape index (κ1) is 14.4. The van der Waals surface area contributed by atoms with Gasteiger partial charge in [-0.05, 0) is 33.6 Å². The van der Waals surface area contributed by atoms with Gasteiger partial charge in [-0.3, -0.25) is 4.79 Å². The lowest BCUT2D eigenvalue weighted by atomic mass is 9.99. The highest BCUT2D eigenvalue weighted by Crippen LogP contribution is 2.40. The van der Waals surface area contributed by atoms with Gasteiger partial charge in [-0.25, -0.2) is 9.97 Å². The van der Waals surface area contributed by atoms with Crippen LogP contribution in [-0.2, 0) is 4.74 Å². The zero-order chi connectivity index (χ0) is 16.2. The number of hydrogen-bond donors (Lipinski definition) is 2. The van der Waals surface area contributed by atoms with Crippen LogP contribution < -0.4 is 10.6 Å². The van der Waals surface area contributed by atoms with Crippen molar-refractivity contribution in [2.45, 2.75) is 44.7 Å². The van der Waals surface area contributed by atoms with E-state index in [1.54, 1.807) is 6.92 Å². The van der Waals surface area contributed by atoms with E-state index in [-0.39, 0.29) is 17.0 Å². The number of nitrogens with zero attached hydrogens (tertiary/aromatic N) is 2. The molecule has 0 radical (unpaired) electrons. The molecule has 4 rings (SSSR count). The van der Waals surface area contributed by atoms with Gasteiger partial charge in [-0.15, -0.1) is 0 Å². The molecule has 0 atom stereocenters. The molecule has 1 amide bonds. The third-order valence-electron chi connectivity index (χ3n) is 4.57. The Bertz CT molecular complexity index is 790. The number of fused-ring (bicyclic) bond motifs is 1. The Labute approximate surface area is 133 Å². The summed E-state index contributed by atoms with van der Waals surface area (Å²) in [6, 6.07) is 0. The number of rotatable bonds is 4. The number of hydrogen-bond acceptors (Lipinski definition) is 6. The van der Waals surface area contributed by atoms with Crippen LogP contribution in [0.25, 0.3) is 11.1 Å². The fourth-order valence-corrected chi connectivity index (χ4v) is 2.83. The third-order valence-corrected chi connectivity index (χ3v) is 4.57. The summed E-state index contributed by atoms with van der Waals surface area (Å²) in [5.74, 6) is 1.03. The van der Waals surface area contributed by atoms with E-state index in [2.05, 4.69) is 27.5 Å². The van der Waals surface area contributed by atoms with Gasteiger partial charge < -0.3 is 19.8 Å². The standard InChI is InChI=1S/C16H20N4O3/c1-9-10(13(21)20-16(3)6-22-7-16)11-12(19-15(2)4-5-15)17-8-18-14(11)23-9/h8H,4-7H2,1-3H3,(H,20,21)(H,17,18,19). The van der Waals surface area contributed by atoms with Crippen LogP contribution in [0, 0.1) is 6.92 Å². The highest BCUT2D eigenvalue weighted by Gasteiger charge is 2.39. The number of anilines is 1. The lowest BCUT2D eigenvalue weighted by Crippen LogP contribution is -2.59. The summed E-state index contributed by atoms with van der Waals surface area (Å²) >= 11 is 0. The van der Waals surface area contributed by atoms with Crippen LogP contribution in [0.15, 0.2) is 10.7 Å². The summed E-state index contributed by atoms with van der Waals surface area (Å²) in [5.41, 5.74) is 0.664. The van der Waals surface area contributed by atoms with E-state index in [9.17, 15) is 4.79 Å². The Morgan fingerprint density at radius 3 is 2.57 bits per heavy atom. The van der Waals surface area contributed by atoms with Gasteiger partial charge in [0.05, 0.1) is 29.7 Å². The predicted octanol–water partition coefficient (Wildman–Crippen LogP) is 2.01. The topological polar surface area (TPSA) is 89.3 Å². The first-order chi connectivity index (χ1) is 10.9. The van der Waals surface area contributed by atoms with Crippen molar-refractivity contribution in [1.82, 2.24) is 15.3 Å². The second kappa shape index (κ2) is 4.67. The molecule has 2 aromatic rings. The summed E-state index contributed by atoms with van der Waals surface area (Å²) in [6.07, 6.45) is 3.64. The first-order valence-electron chi connectivity index (χ1n) is 7.82. The number of aryl methyl sites for hydroxylation is 1. The minimum Gasteiger partial charge on any atom is -0.442 e. The van der Waals surface area contributed by atoms with Gasteiger partial charge in [-0.1, -0.05) is 0 Å². The maximum Gasteiger partial charge on any atom is 0.256 e. The normalized spacial score (nSPS) is 20.8. The Balaban J connectivity index is 1.75. The summed E-state index contributed by atoms with van der Waals surface area (Å²) in [6.45, 7) is 6.92. The summed E-state index contributed by atoms with van der Waals surface area (Å²) in [7, 11) is 0. The molecule has 7 nitrogen and oxygen atoms in total. The molecule has 0 unspecified atom stereocenters. The zero-order valence-corrected chi connectivity index (χ0v) is 13.5. The Kier molecular flexibility index (Phi) is 2.93. The fourth-order valence-electron chi connectivity index (χ4n) is 2.83. The van der Waals surface area contributed by atoms with Crippen LogP contribution in [0.3, 0.4) is 0 Å². The number of aromatic nitrogens is 2. The molecule has 0 spiro atoms. The number of ether oxygens (including phenoxy) is 1. The number of amides is 1. The van der Waals surface area contributed by atoms with Crippen LogP contribution in [0.4, 0.5) is 5.82 Å². The SMILES string of the molecule is Cc1oc2ncnc(NC3(C)CC3)c2c1C(=O)NC1(C)COC1. The predicted molar refractivity (Wildman–Crippen MR) is 84.5 cm³/mol. The van der Waals surface area contributed by atoms with Crippen molar-refractivity contribution in [3.8, 4) is 0 Å². The summed E-state index contributed by atoms with van der Waals surface area (Å²) < 4.78 is 10.9. The number of furan rings is 1. The molecule has 2 aliphatic rings. The van der Waals surface area contributed by atoms with E-state index in [0.29, 0.717) is 41.5 Å². The molecular formula is C16H20N4O3. The average molecular weight is 316 g/mol. The first-order valence-corrected chi connectivity index (χ1v) is 7.82. The maximum absolute atomic E-state index is 12.8. The molecule has 23 heavy (non-hydrogen) atoms. The highest BCUT2D eigenvalue weighted by atomic mass is 16.5. The van der Waals surface area contributed by atoms with Crippen molar-refractivity contribution in [1.29, 1.82) is 0 Å². The Morgan fingerprint density at radius 2 is 1.96 bits per heavy atom. The van der Waals surface area contributed by atoms with Crippen molar-refractivity contribution in [3.63, 3.8) is 0 Å². The van der Waals surface area contributed by atoms with Crippen molar-refractivity contribution < 1.29 is 13.9 Å². The molecule has 0 bridgehead atoms. The summed E-state index contributed by atoms with van der Waals surface area (Å²) in [4.78, 5) is 21.3. The van der Waals surface area contributed by atoms with E-state index in [0.717, 1.165) is 12.8 Å². The number of nitrogens with one attached hydrogen (secondary N) is 2. The van der Waals surface area contributed by atoms with Gasteiger partial charge in [0.25, 0.3) is 5.91 Å². The van der Waals surface area contributed by atoms with Gasteiger partial charge >= 0.3 is 0 Å². The van der Waals surface area contributed by atoms with Crippen molar-refractivity contribution in [2.75, 3.05) is 18.5 Å². The largest absolute Gasteiger partial charge is 0.442 e. The van der Waals surface area contributed by atoms with Crippen LogP contribution >= 0.6 is 0 Å². The molecule has 1 aliphatic heterocycles. The Hall–Kier alpha value is -2.15. The van der Waals surface area contributed by atoms with E-state index in [1.807, 2.05) is 6.92 Å². The molecule has 1 saturated carbocycles. The van der Waals surface area contributed by atoms with Gasteiger partial charge in [0.1, 0.15) is 17.9 Å². The number of carbonyl (C=O) groups excluding carboxylic acids is 1. The molecular weight excluding hydrogens is 296 g/mol. The monoisotopic (exact) mass is 316 g/mol. The minimum absolute atomic E-state index is 0.0496. The highest BCUT2D eigenvalue weighted by molar-refractivity contribution is 6.10. The van der Waals surface area contributed by atoms with Gasteiger partial charge in [0.2, 0.25) is 5.71 Å². The molecule has 2 fully saturated rings. The Morgan fingerprint density at radius 1 is 1.22 bits per heavy atom. The fraction of sp³-hybridized carbons (Fsp3) is 0.562. The average Bonchev–Trinajstić information content (AvgIpc) is 3.06. The smallest absolute Gasteiger partial charge is 0.256 e. The molecule has 2 N–H and O–H groups in total. The second-order valence-corrected chi connectivity index (χ2v) is 7.13. The lowest BCUT2D eigenvalue weighted by molar-refractivity contribution is -0.0593. The molecule has 1 aliphatic carbocycles. The van der Waals surface area contributed by atoms with Crippen molar-refractivity contribution >= 4 is 22.8 Å². The molecule has 3 heterocycles. The van der Waals surface area contributed by atoms with Crippen molar-refractivity contribution in [3.05, 3.63) is 17.7 Å².